The molecule has 6 nitrogen and oxygen atoms in total. The van der Waals surface area contributed by atoms with Crippen LogP contribution in [0.25, 0.3) is 0 Å². The Bertz CT molecular complexity index is 1230. The van der Waals surface area contributed by atoms with Gasteiger partial charge in [-0.3, -0.25) is 9.11 Å². The highest BCUT2D eigenvalue weighted by Gasteiger charge is 2.22. The minimum absolute atomic E-state index is 0.0585. The average Bonchev–Trinajstić information content (AvgIpc) is 2.67. The monoisotopic (exact) mass is 478 g/mol. The van der Waals surface area contributed by atoms with Gasteiger partial charge in [-0.15, -0.1) is 0 Å². The Balaban J connectivity index is 2.23. The topological polar surface area (TPSA) is 109 Å². The van der Waals surface area contributed by atoms with Crippen molar-refractivity contribution in [3.8, 4) is 0 Å². The fourth-order valence-corrected chi connectivity index (χ4v) is 6.70. The first kappa shape index (κ1) is 23.6. The van der Waals surface area contributed by atoms with Crippen LogP contribution in [0.4, 0.5) is 0 Å². The normalized spacial score (nSPS) is 12.8. The van der Waals surface area contributed by atoms with Crippen LogP contribution in [0.5, 0.6) is 0 Å². The molecule has 0 aliphatic rings. The van der Waals surface area contributed by atoms with Crippen molar-refractivity contribution < 1.29 is 25.9 Å². The quantitative estimate of drug-likeness (QED) is 0.431. The summed E-state index contributed by atoms with van der Waals surface area (Å²) in [4.78, 5) is -0.482. The van der Waals surface area contributed by atoms with E-state index in [-0.39, 0.29) is 15.2 Å². The summed E-state index contributed by atoms with van der Waals surface area (Å²) in [6, 6.07) is 19.8. The van der Waals surface area contributed by atoms with Gasteiger partial charge in [-0.25, -0.2) is 0 Å². The molecule has 31 heavy (non-hydrogen) atoms. The van der Waals surface area contributed by atoms with Gasteiger partial charge in [0.25, 0.3) is 20.2 Å². The lowest BCUT2D eigenvalue weighted by atomic mass is 9.87. The van der Waals surface area contributed by atoms with Crippen LogP contribution in [-0.2, 0) is 25.7 Å². The van der Waals surface area contributed by atoms with Gasteiger partial charge >= 0.3 is 0 Å². The molecule has 3 aromatic carbocycles. The first-order valence-electron chi connectivity index (χ1n) is 9.32. The molecule has 0 heterocycles. The molecule has 0 unspecified atom stereocenters. The summed E-state index contributed by atoms with van der Waals surface area (Å²) in [5.41, 5.74) is 1.06. The van der Waals surface area contributed by atoms with E-state index in [2.05, 4.69) is 20.8 Å². The zero-order chi connectivity index (χ0) is 23.0. The maximum absolute atomic E-state index is 11.7. The number of hydrogen-bond donors (Lipinski definition) is 2. The van der Waals surface area contributed by atoms with Gasteiger partial charge in [0, 0.05) is 0 Å². The van der Waals surface area contributed by atoms with Crippen LogP contribution in [-0.4, -0.2) is 25.9 Å². The Morgan fingerprint density at radius 3 is 1.42 bits per heavy atom. The van der Waals surface area contributed by atoms with E-state index in [1.54, 1.807) is 12.1 Å². The summed E-state index contributed by atoms with van der Waals surface area (Å²) < 4.78 is 65.6. The molecule has 0 aliphatic heterocycles. The van der Waals surface area contributed by atoms with Crippen LogP contribution in [0, 0.1) is 0 Å². The van der Waals surface area contributed by atoms with Crippen molar-refractivity contribution in [2.75, 3.05) is 0 Å². The molecule has 0 aliphatic carbocycles. The molecule has 0 aromatic heterocycles. The van der Waals surface area contributed by atoms with E-state index < -0.39 is 28.2 Å². The molecule has 0 spiro atoms. The lowest BCUT2D eigenvalue weighted by molar-refractivity contribution is 0.481. The first-order valence-corrected chi connectivity index (χ1v) is 13.5. The van der Waals surface area contributed by atoms with E-state index in [0.29, 0.717) is 10.6 Å². The van der Waals surface area contributed by atoms with E-state index in [1.807, 2.05) is 24.3 Å². The van der Waals surface area contributed by atoms with Crippen molar-refractivity contribution in [3.05, 3.63) is 78.4 Å². The highest BCUT2D eigenvalue weighted by Crippen LogP contribution is 2.35. The third-order valence-corrected chi connectivity index (χ3v) is 8.84. The summed E-state index contributed by atoms with van der Waals surface area (Å²) in [6.45, 7) is 6.28. The Morgan fingerprint density at radius 1 is 0.645 bits per heavy atom. The summed E-state index contributed by atoms with van der Waals surface area (Å²) >= 11 is 0. The molecule has 164 valence electrons. The molecule has 3 rings (SSSR count). The second-order valence-corrected chi connectivity index (χ2v) is 13.1. The zero-order valence-corrected chi connectivity index (χ0v) is 19.7. The van der Waals surface area contributed by atoms with Gasteiger partial charge in [0.1, 0.15) is 0 Å². The van der Waals surface area contributed by atoms with Crippen molar-refractivity contribution in [2.24, 2.45) is 0 Å². The van der Waals surface area contributed by atoms with E-state index >= 15 is 0 Å². The maximum Gasteiger partial charge on any atom is 0.294 e. The molecule has 9 heteroatoms. The van der Waals surface area contributed by atoms with E-state index in [9.17, 15) is 25.9 Å². The number of hydrogen-bond acceptors (Lipinski definition) is 4. The van der Waals surface area contributed by atoms with Crippen molar-refractivity contribution in [1.82, 2.24) is 0 Å². The lowest BCUT2D eigenvalue weighted by Gasteiger charge is -2.23. The Kier molecular flexibility index (Phi) is 6.42. The molecule has 2 N–H and O–H groups in total. The standard InChI is InChI=1S/C22H23O6PS2/c1-22(2,3)16-10-12-17(13-11-16)29(18-6-4-8-20(14-18)30(23,24)25)19-7-5-9-21(15-19)31(26,27)28/h4-15H,1-3H3,(H,23,24,25)(H,26,27,28). The summed E-state index contributed by atoms with van der Waals surface area (Å²) in [7, 11) is -10.2. The summed E-state index contributed by atoms with van der Waals surface area (Å²) in [5, 5.41) is 2.09. The third-order valence-electron chi connectivity index (χ3n) is 4.74. The van der Waals surface area contributed by atoms with Crippen molar-refractivity contribution >= 4 is 44.1 Å². The van der Waals surface area contributed by atoms with Gasteiger partial charge in [0.2, 0.25) is 0 Å². The van der Waals surface area contributed by atoms with Crippen LogP contribution in [0.2, 0.25) is 0 Å². The second-order valence-electron chi connectivity index (χ2n) is 8.08. The van der Waals surface area contributed by atoms with Crippen molar-refractivity contribution in [3.63, 3.8) is 0 Å². The molecular weight excluding hydrogens is 455 g/mol. The number of benzene rings is 3. The van der Waals surface area contributed by atoms with Gasteiger partial charge in [-0.2, -0.15) is 16.8 Å². The Labute approximate surface area is 184 Å². The molecule has 0 bridgehead atoms. The van der Waals surface area contributed by atoms with Gasteiger partial charge < -0.3 is 0 Å². The van der Waals surface area contributed by atoms with Crippen molar-refractivity contribution in [2.45, 2.75) is 36.0 Å². The maximum atomic E-state index is 11.7. The molecule has 0 amide bonds. The molecular formula is C22H23O6PS2. The average molecular weight is 479 g/mol. The summed E-state index contributed by atoms with van der Waals surface area (Å²) in [6.07, 6.45) is 0. The number of rotatable bonds is 5. The first-order chi connectivity index (χ1) is 14.3. The Morgan fingerprint density at radius 2 is 1.06 bits per heavy atom. The molecule has 0 atom stereocenters. The van der Waals surface area contributed by atoms with Gasteiger partial charge in [-0.1, -0.05) is 69.3 Å². The molecule has 0 saturated carbocycles. The Hall–Kier alpha value is -2.09. The zero-order valence-electron chi connectivity index (χ0n) is 17.2. The van der Waals surface area contributed by atoms with Crippen LogP contribution in [0.3, 0.4) is 0 Å². The van der Waals surface area contributed by atoms with Crippen LogP contribution in [0.15, 0.2) is 82.6 Å². The molecule has 0 saturated heterocycles. The minimum Gasteiger partial charge on any atom is -0.282 e. The molecule has 0 radical (unpaired) electrons. The van der Waals surface area contributed by atoms with Gasteiger partial charge in [0.15, 0.2) is 0 Å². The van der Waals surface area contributed by atoms with E-state index in [0.717, 1.165) is 10.9 Å². The van der Waals surface area contributed by atoms with E-state index in [4.69, 9.17) is 0 Å². The van der Waals surface area contributed by atoms with Crippen LogP contribution < -0.4 is 15.9 Å². The predicted molar refractivity (Wildman–Crippen MR) is 123 cm³/mol. The van der Waals surface area contributed by atoms with Crippen molar-refractivity contribution in [1.29, 1.82) is 0 Å². The SMILES string of the molecule is CC(C)(C)c1ccc(P(c2cccc(S(=O)(=O)O)c2)c2cccc(S(=O)(=O)O)c2)cc1. The summed E-state index contributed by atoms with van der Waals surface area (Å²) in [5.74, 6) is 0. The van der Waals surface area contributed by atoms with Crippen LogP contribution in [0.1, 0.15) is 26.3 Å². The smallest absolute Gasteiger partial charge is 0.282 e. The fourth-order valence-electron chi connectivity index (χ4n) is 3.12. The highest BCUT2D eigenvalue weighted by molar-refractivity contribution is 7.86. The minimum atomic E-state index is -4.41. The molecule has 3 aromatic rings. The largest absolute Gasteiger partial charge is 0.294 e. The van der Waals surface area contributed by atoms with Crippen LogP contribution >= 0.6 is 7.92 Å². The third kappa shape index (κ3) is 5.59. The van der Waals surface area contributed by atoms with Gasteiger partial charge in [0.05, 0.1) is 9.79 Å². The van der Waals surface area contributed by atoms with E-state index in [1.165, 1.54) is 36.4 Å². The fraction of sp³-hybridized carbons (Fsp3) is 0.182. The second kappa shape index (κ2) is 8.45. The highest BCUT2D eigenvalue weighted by atomic mass is 32.2. The predicted octanol–water partition coefficient (Wildman–Crippen LogP) is 3.24. The molecule has 0 fully saturated rings. The van der Waals surface area contributed by atoms with Gasteiger partial charge in [-0.05, 0) is 59.1 Å². The lowest BCUT2D eigenvalue weighted by Crippen LogP contribution is -2.23.